The van der Waals surface area contributed by atoms with Gasteiger partial charge >= 0.3 is 0 Å². The summed E-state index contributed by atoms with van der Waals surface area (Å²) in [4.78, 5) is 12.8. The van der Waals surface area contributed by atoms with Gasteiger partial charge in [0.15, 0.2) is 0 Å². The molecule has 2 aliphatic rings. The first-order valence-electron chi connectivity index (χ1n) is 10.2. The Kier molecular flexibility index (Phi) is 5.08. The van der Waals surface area contributed by atoms with Crippen molar-refractivity contribution in [3.8, 4) is 11.5 Å². The van der Waals surface area contributed by atoms with E-state index in [0.717, 1.165) is 32.2 Å². The zero-order valence-corrected chi connectivity index (χ0v) is 17.4. The number of carboxylic acid groups (broad SMARTS) is 1. The number of aromatic hydroxyl groups is 1. The van der Waals surface area contributed by atoms with Crippen LogP contribution in [0, 0.1) is 0 Å². The monoisotopic (exact) mass is 409 g/mol. The SMILES string of the molecule is CC1C=c2ccc3c(c2=C[NH+]1[C@@H](Cc1ccc(O)cc1)C(=O)[O-])O[C@@H](C(C)(C)O)C3. The molecule has 2 heterocycles. The largest absolute Gasteiger partial charge is 0.544 e. The van der Waals surface area contributed by atoms with E-state index >= 15 is 0 Å². The minimum absolute atomic E-state index is 0.0675. The Balaban J connectivity index is 1.73. The maximum atomic E-state index is 12.1. The molecule has 0 radical (unpaired) electrons. The number of hydrogen-bond donors (Lipinski definition) is 3. The molecule has 0 aliphatic carbocycles. The minimum atomic E-state index is -1.12. The van der Waals surface area contributed by atoms with E-state index in [0.29, 0.717) is 6.42 Å². The van der Waals surface area contributed by atoms with E-state index < -0.39 is 17.6 Å². The highest BCUT2D eigenvalue weighted by Crippen LogP contribution is 2.29. The van der Waals surface area contributed by atoms with E-state index in [1.807, 2.05) is 25.3 Å². The number of fused-ring (bicyclic) bond motifs is 3. The highest BCUT2D eigenvalue weighted by Gasteiger charge is 2.36. The van der Waals surface area contributed by atoms with Gasteiger partial charge < -0.3 is 24.9 Å². The summed E-state index contributed by atoms with van der Waals surface area (Å²) in [5.41, 5.74) is 0.858. The van der Waals surface area contributed by atoms with Crippen LogP contribution >= 0.6 is 0 Å². The third-order valence-electron chi connectivity index (χ3n) is 6.09. The standard InChI is InChI=1S/C24H27NO5/c1-14-10-16-6-7-17-12-21(24(2,3)29)30-22(17)19(16)13-25(14)20(23(27)28)11-15-4-8-18(26)9-5-15/h4-10,13-14,20-21,26,29H,11-12H2,1-3H3,(H,27,28)/t14?,20-,21+/m0/s1. The molecule has 2 aromatic rings. The molecule has 2 aromatic carbocycles. The number of quaternary nitrogens is 1. The van der Waals surface area contributed by atoms with Crippen LogP contribution in [-0.4, -0.2) is 40.0 Å². The molecule has 4 rings (SSSR count). The van der Waals surface area contributed by atoms with Crippen molar-refractivity contribution in [2.75, 3.05) is 0 Å². The number of phenolic OH excluding ortho intramolecular Hbond substituents is 1. The quantitative estimate of drug-likeness (QED) is 0.567. The minimum Gasteiger partial charge on any atom is -0.544 e. The maximum Gasteiger partial charge on any atom is 0.136 e. The van der Waals surface area contributed by atoms with E-state index in [1.54, 1.807) is 38.1 Å². The summed E-state index contributed by atoms with van der Waals surface area (Å²) < 4.78 is 6.12. The first kappa shape index (κ1) is 20.4. The lowest BCUT2D eigenvalue weighted by Crippen LogP contribution is -3.17. The fourth-order valence-electron chi connectivity index (χ4n) is 4.32. The first-order valence-corrected chi connectivity index (χ1v) is 10.2. The molecule has 0 amide bonds. The number of rotatable bonds is 5. The van der Waals surface area contributed by atoms with Crippen LogP contribution in [0.3, 0.4) is 0 Å². The highest BCUT2D eigenvalue weighted by atomic mass is 16.5. The highest BCUT2D eigenvalue weighted by molar-refractivity contribution is 5.70. The van der Waals surface area contributed by atoms with Crippen LogP contribution in [0.4, 0.5) is 0 Å². The third-order valence-corrected chi connectivity index (χ3v) is 6.09. The van der Waals surface area contributed by atoms with Crippen molar-refractivity contribution >= 4 is 18.2 Å². The van der Waals surface area contributed by atoms with E-state index in [9.17, 15) is 20.1 Å². The second-order valence-electron chi connectivity index (χ2n) is 8.86. The summed E-state index contributed by atoms with van der Waals surface area (Å²) in [6, 6.07) is 9.76. The van der Waals surface area contributed by atoms with Crippen molar-refractivity contribution in [3.05, 3.63) is 58.0 Å². The normalized spacial score (nSPS) is 23.4. The van der Waals surface area contributed by atoms with Crippen LogP contribution in [0.15, 0.2) is 36.4 Å². The summed E-state index contributed by atoms with van der Waals surface area (Å²) in [6.07, 6.45) is 4.53. The van der Waals surface area contributed by atoms with Gasteiger partial charge in [0, 0.05) is 12.8 Å². The number of aliphatic carboxylic acids is 1. The van der Waals surface area contributed by atoms with Gasteiger partial charge in [-0.3, -0.25) is 4.90 Å². The van der Waals surface area contributed by atoms with Crippen molar-refractivity contribution in [3.63, 3.8) is 0 Å². The van der Waals surface area contributed by atoms with Crippen molar-refractivity contribution in [2.45, 2.75) is 57.4 Å². The number of phenols is 1. The number of aliphatic hydroxyl groups is 1. The molecular weight excluding hydrogens is 382 g/mol. The number of benzene rings is 2. The first-order chi connectivity index (χ1) is 14.1. The smallest absolute Gasteiger partial charge is 0.136 e. The Labute approximate surface area is 175 Å². The van der Waals surface area contributed by atoms with Crippen molar-refractivity contribution in [2.24, 2.45) is 0 Å². The van der Waals surface area contributed by atoms with E-state index in [1.165, 1.54) is 0 Å². The van der Waals surface area contributed by atoms with Gasteiger partial charge in [0.05, 0.1) is 16.8 Å². The molecule has 4 atom stereocenters. The molecule has 6 nitrogen and oxygen atoms in total. The lowest BCUT2D eigenvalue weighted by molar-refractivity contribution is -0.854. The lowest BCUT2D eigenvalue weighted by atomic mass is 9.96. The predicted molar refractivity (Wildman–Crippen MR) is 110 cm³/mol. The molecule has 2 aliphatic heterocycles. The molecule has 0 spiro atoms. The second-order valence-corrected chi connectivity index (χ2v) is 8.86. The van der Waals surface area contributed by atoms with Crippen LogP contribution in [0.5, 0.6) is 11.5 Å². The van der Waals surface area contributed by atoms with Crippen molar-refractivity contribution in [1.29, 1.82) is 0 Å². The number of carbonyl (C=O) groups is 1. The van der Waals surface area contributed by atoms with Gasteiger partial charge in [0.2, 0.25) is 0 Å². The van der Waals surface area contributed by atoms with Crippen molar-refractivity contribution < 1.29 is 29.8 Å². The average Bonchev–Trinajstić information content (AvgIpc) is 3.12. The van der Waals surface area contributed by atoms with Gasteiger partial charge in [-0.25, -0.2) is 0 Å². The number of ether oxygens (including phenoxy) is 1. The molecule has 0 saturated carbocycles. The Bertz CT molecular complexity index is 1080. The number of nitrogens with one attached hydrogen (secondary N) is 1. The molecule has 2 unspecified atom stereocenters. The van der Waals surface area contributed by atoms with Crippen molar-refractivity contribution in [1.82, 2.24) is 0 Å². The summed E-state index contributed by atoms with van der Waals surface area (Å²) in [5, 5.41) is 33.8. The number of carbonyl (C=O) groups excluding carboxylic acids is 1. The Morgan fingerprint density at radius 2 is 1.97 bits per heavy atom. The van der Waals surface area contributed by atoms with Crippen LogP contribution in [0.25, 0.3) is 12.3 Å². The van der Waals surface area contributed by atoms with Gasteiger partial charge in [-0.05, 0) is 55.3 Å². The molecule has 3 N–H and O–H groups in total. The molecule has 0 fully saturated rings. The van der Waals surface area contributed by atoms with Crippen LogP contribution in [-0.2, 0) is 17.6 Å². The van der Waals surface area contributed by atoms with Gasteiger partial charge in [0.25, 0.3) is 0 Å². The van der Waals surface area contributed by atoms with Crippen LogP contribution in [0.1, 0.15) is 31.9 Å². The van der Waals surface area contributed by atoms with Crippen LogP contribution < -0.4 is 25.2 Å². The molecule has 6 heteroatoms. The zero-order chi connectivity index (χ0) is 21.6. The average molecular weight is 409 g/mol. The molecule has 0 saturated heterocycles. The van der Waals surface area contributed by atoms with Gasteiger partial charge in [-0.15, -0.1) is 0 Å². The van der Waals surface area contributed by atoms with E-state index in [4.69, 9.17) is 4.74 Å². The molecular formula is C24H27NO5. The Hall–Kier alpha value is -2.83. The Morgan fingerprint density at radius 1 is 1.27 bits per heavy atom. The molecule has 0 aromatic heterocycles. The second kappa shape index (κ2) is 7.45. The lowest BCUT2D eigenvalue weighted by Gasteiger charge is -2.31. The van der Waals surface area contributed by atoms with E-state index in [2.05, 4.69) is 6.08 Å². The topological polar surface area (TPSA) is 94.3 Å². The third kappa shape index (κ3) is 3.80. The van der Waals surface area contributed by atoms with Gasteiger partial charge in [-0.1, -0.05) is 24.3 Å². The zero-order valence-electron chi connectivity index (χ0n) is 17.4. The summed E-state index contributed by atoms with van der Waals surface area (Å²) in [6.45, 7) is 5.44. The van der Waals surface area contributed by atoms with Gasteiger partial charge in [0.1, 0.15) is 35.9 Å². The fraction of sp³-hybridized carbons (Fsp3) is 0.375. The van der Waals surface area contributed by atoms with E-state index in [-0.39, 0.29) is 24.3 Å². The molecule has 158 valence electrons. The van der Waals surface area contributed by atoms with Gasteiger partial charge in [-0.2, -0.15) is 0 Å². The summed E-state index contributed by atoms with van der Waals surface area (Å²) in [7, 11) is 0. The Morgan fingerprint density at radius 3 is 2.60 bits per heavy atom. The van der Waals surface area contributed by atoms with Crippen LogP contribution in [0.2, 0.25) is 0 Å². The summed E-state index contributed by atoms with van der Waals surface area (Å²) in [5.74, 6) is -0.256. The molecule has 0 bridgehead atoms. The maximum absolute atomic E-state index is 12.1. The predicted octanol–water partition coefficient (Wildman–Crippen LogP) is -1.37. The fourth-order valence-corrected chi connectivity index (χ4v) is 4.32. The number of hydrogen-bond acceptors (Lipinski definition) is 5. The molecule has 30 heavy (non-hydrogen) atoms. The summed E-state index contributed by atoms with van der Waals surface area (Å²) >= 11 is 0. The number of carboxylic acids is 1.